The number of thiophene rings is 1. The zero-order valence-corrected chi connectivity index (χ0v) is 12.7. The Morgan fingerprint density at radius 3 is 2.89 bits per heavy atom. The number of hydrogen-bond acceptors (Lipinski definition) is 5. The first-order chi connectivity index (χ1) is 9.13. The highest BCUT2D eigenvalue weighted by molar-refractivity contribution is 9.10. The van der Waals surface area contributed by atoms with Crippen LogP contribution in [0.1, 0.15) is 15.2 Å². The lowest BCUT2D eigenvalue weighted by molar-refractivity contribution is 0.0602. The molecule has 0 aliphatic carbocycles. The molecule has 0 aliphatic heterocycles. The van der Waals surface area contributed by atoms with Crippen LogP contribution in [0.15, 0.2) is 34.1 Å². The zero-order chi connectivity index (χ0) is 13.8. The topological polar surface area (TPSA) is 64.3 Å². The van der Waals surface area contributed by atoms with Crippen LogP contribution < -0.4 is 11.1 Å². The predicted octanol–water partition coefficient (Wildman–Crippen LogP) is 3.49. The van der Waals surface area contributed by atoms with E-state index in [1.54, 1.807) is 23.5 Å². The number of carbonyl (C=O) groups excluding carboxylic acids is 1. The molecule has 0 unspecified atom stereocenters. The summed E-state index contributed by atoms with van der Waals surface area (Å²) in [6.07, 6.45) is 0. The number of ether oxygens (including phenoxy) is 1. The maximum atomic E-state index is 11.5. The highest BCUT2D eigenvalue weighted by atomic mass is 79.9. The van der Waals surface area contributed by atoms with E-state index in [4.69, 9.17) is 5.73 Å². The number of halogens is 1. The number of rotatable bonds is 4. The highest BCUT2D eigenvalue weighted by Crippen LogP contribution is 2.27. The van der Waals surface area contributed by atoms with E-state index in [2.05, 4.69) is 26.0 Å². The fourth-order valence-corrected chi connectivity index (χ4v) is 3.07. The molecular weight excluding hydrogens is 328 g/mol. The quantitative estimate of drug-likeness (QED) is 0.660. The number of nitrogen functional groups attached to an aromatic ring is 1. The van der Waals surface area contributed by atoms with Crippen molar-refractivity contribution in [1.82, 2.24) is 0 Å². The number of carbonyl (C=O) groups is 1. The molecule has 0 radical (unpaired) electrons. The number of para-hydroxylation sites is 1. The van der Waals surface area contributed by atoms with E-state index in [1.807, 2.05) is 17.5 Å². The van der Waals surface area contributed by atoms with Gasteiger partial charge < -0.3 is 15.8 Å². The predicted molar refractivity (Wildman–Crippen MR) is 81.5 cm³/mol. The SMILES string of the molecule is COC(=O)c1cccc(NCc2sccc2Br)c1N. The van der Waals surface area contributed by atoms with Crippen LogP contribution in [-0.4, -0.2) is 13.1 Å². The Bertz CT molecular complexity index is 598. The van der Waals surface area contributed by atoms with Crippen LogP contribution in [-0.2, 0) is 11.3 Å². The number of esters is 1. The molecule has 1 aromatic heterocycles. The minimum atomic E-state index is -0.432. The molecule has 0 atom stereocenters. The minimum Gasteiger partial charge on any atom is -0.465 e. The minimum absolute atomic E-state index is 0.373. The van der Waals surface area contributed by atoms with Crippen LogP contribution in [0.5, 0.6) is 0 Å². The van der Waals surface area contributed by atoms with Gasteiger partial charge in [-0.15, -0.1) is 11.3 Å². The molecule has 4 nitrogen and oxygen atoms in total. The Labute approximate surface area is 123 Å². The van der Waals surface area contributed by atoms with E-state index >= 15 is 0 Å². The molecule has 1 heterocycles. The second-order valence-corrected chi connectivity index (χ2v) is 5.66. The molecule has 3 N–H and O–H groups in total. The summed E-state index contributed by atoms with van der Waals surface area (Å²) in [6.45, 7) is 0.646. The van der Waals surface area contributed by atoms with Crippen molar-refractivity contribution in [3.05, 3.63) is 44.6 Å². The standard InChI is InChI=1S/C13H13BrN2O2S/c1-18-13(17)8-3-2-4-10(12(8)15)16-7-11-9(14)5-6-19-11/h2-6,16H,7,15H2,1H3. The fraction of sp³-hybridized carbons (Fsp3) is 0.154. The molecule has 6 heteroatoms. The Hall–Kier alpha value is -1.53. The summed E-state index contributed by atoms with van der Waals surface area (Å²) in [5.74, 6) is -0.432. The van der Waals surface area contributed by atoms with E-state index in [1.165, 1.54) is 12.0 Å². The molecule has 0 bridgehead atoms. The number of nitrogens with two attached hydrogens (primary N) is 1. The van der Waals surface area contributed by atoms with Crippen molar-refractivity contribution < 1.29 is 9.53 Å². The van der Waals surface area contributed by atoms with Gasteiger partial charge in [0.2, 0.25) is 0 Å². The molecule has 0 aliphatic rings. The highest BCUT2D eigenvalue weighted by Gasteiger charge is 2.12. The van der Waals surface area contributed by atoms with E-state index < -0.39 is 5.97 Å². The monoisotopic (exact) mass is 340 g/mol. The molecule has 19 heavy (non-hydrogen) atoms. The van der Waals surface area contributed by atoms with Gasteiger partial charge in [-0.1, -0.05) is 6.07 Å². The molecule has 1 aromatic carbocycles. The van der Waals surface area contributed by atoms with Gasteiger partial charge in [-0.05, 0) is 39.5 Å². The average Bonchev–Trinajstić information content (AvgIpc) is 2.82. The van der Waals surface area contributed by atoms with Gasteiger partial charge in [-0.3, -0.25) is 0 Å². The number of anilines is 2. The second-order valence-electron chi connectivity index (χ2n) is 3.80. The van der Waals surface area contributed by atoms with E-state index in [9.17, 15) is 4.79 Å². The molecule has 0 amide bonds. The van der Waals surface area contributed by atoms with Crippen LogP contribution in [0.25, 0.3) is 0 Å². The van der Waals surface area contributed by atoms with Crippen molar-refractivity contribution in [2.75, 3.05) is 18.2 Å². The van der Waals surface area contributed by atoms with Gasteiger partial charge in [0.1, 0.15) is 0 Å². The van der Waals surface area contributed by atoms with Crippen LogP contribution >= 0.6 is 27.3 Å². The maximum absolute atomic E-state index is 11.5. The molecule has 0 saturated carbocycles. The van der Waals surface area contributed by atoms with E-state index in [0.717, 1.165) is 10.2 Å². The summed E-state index contributed by atoms with van der Waals surface area (Å²) < 4.78 is 5.75. The largest absolute Gasteiger partial charge is 0.465 e. The lowest BCUT2D eigenvalue weighted by atomic mass is 10.1. The van der Waals surface area contributed by atoms with Crippen molar-refractivity contribution in [2.45, 2.75) is 6.54 Å². The van der Waals surface area contributed by atoms with Gasteiger partial charge in [0.15, 0.2) is 0 Å². The first-order valence-corrected chi connectivity index (χ1v) is 7.23. The lowest BCUT2D eigenvalue weighted by Crippen LogP contribution is -2.09. The summed E-state index contributed by atoms with van der Waals surface area (Å²) in [4.78, 5) is 12.7. The Morgan fingerprint density at radius 2 is 2.26 bits per heavy atom. The summed E-state index contributed by atoms with van der Waals surface area (Å²) in [6, 6.07) is 7.25. The summed E-state index contributed by atoms with van der Waals surface area (Å²) in [7, 11) is 1.34. The van der Waals surface area contributed by atoms with Crippen molar-refractivity contribution in [3.63, 3.8) is 0 Å². The molecule has 2 aromatic rings. The van der Waals surface area contributed by atoms with Crippen LogP contribution in [0.2, 0.25) is 0 Å². The lowest BCUT2D eigenvalue weighted by Gasteiger charge is -2.11. The third-order valence-electron chi connectivity index (χ3n) is 2.64. The van der Waals surface area contributed by atoms with Crippen LogP contribution in [0.4, 0.5) is 11.4 Å². The second kappa shape index (κ2) is 6.08. The normalized spacial score (nSPS) is 10.2. The van der Waals surface area contributed by atoms with Gasteiger partial charge >= 0.3 is 5.97 Å². The van der Waals surface area contributed by atoms with E-state index in [-0.39, 0.29) is 0 Å². The average molecular weight is 341 g/mol. The molecular formula is C13H13BrN2O2S. The van der Waals surface area contributed by atoms with Gasteiger partial charge in [0.05, 0.1) is 30.6 Å². The third-order valence-corrected chi connectivity index (χ3v) is 4.57. The van der Waals surface area contributed by atoms with Crippen LogP contribution in [0, 0.1) is 0 Å². The smallest absolute Gasteiger partial charge is 0.340 e. The molecule has 2 rings (SSSR count). The molecule has 0 saturated heterocycles. The number of benzene rings is 1. The molecule has 100 valence electrons. The summed E-state index contributed by atoms with van der Waals surface area (Å²) in [5.41, 5.74) is 7.47. The Kier molecular flexibility index (Phi) is 4.44. The number of methoxy groups -OCH3 is 1. The van der Waals surface area contributed by atoms with Gasteiger partial charge in [-0.25, -0.2) is 4.79 Å². The molecule has 0 spiro atoms. The first-order valence-electron chi connectivity index (χ1n) is 5.56. The van der Waals surface area contributed by atoms with Crippen molar-refractivity contribution >= 4 is 44.6 Å². The van der Waals surface area contributed by atoms with Crippen molar-refractivity contribution in [2.24, 2.45) is 0 Å². The van der Waals surface area contributed by atoms with Gasteiger partial charge in [0, 0.05) is 9.35 Å². The summed E-state index contributed by atoms with van der Waals surface area (Å²) in [5, 5.41) is 5.23. The van der Waals surface area contributed by atoms with Crippen molar-refractivity contribution in [3.8, 4) is 0 Å². The van der Waals surface area contributed by atoms with Crippen LogP contribution in [0.3, 0.4) is 0 Å². The first kappa shape index (κ1) is 13.9. The molecule has 0 fully saturated rings. The number of nitrogens with one attached hydrogen (secondary N) is 1. The number of hydrogen-bond donors (Lipinski definition) is 2. The van der Waals surface area contributed by atoms with Gasteiger partial charge in [-0.2, -0.15) is 0 Å². The zero-order valence-electron chi connectivity index (χ0n) is 10.3. The maximum Gasteiger partial charge on any atom is 0.340 e. The third kappa shape index (κ3) is 3.08. The summed E-state index contributed by atoms with van der Waals surface area (Å²) >= 11 is 5.12. The fourth-order valence-electron chi connectivity index (χ4n) is 1.63. The van der Waals surface area contributed by atoms with Crippen molar-refractivity contribution in [1.29, 1.82) is 0 Å². The van der Waals surface area contributed by atoms with E-state index in [0.29, 0.717) is 17.8 Å². The Morgan fingerprint density at radius 1 is 1.47 bits per heavy atom. The van der Waals surface area contributed by atoms with Gasteiger partial charge in [0.25, 0.3) is 0 Å². The Balaban J connectivity index is 2.17.